The standard InChI is InChI=1S/C30H35N3O3S/c1-21-24(25-12-8-9-13-26(25)32-21)15-17-33(30(37)31-16-14-22-10-6-5-7-11-22)20-23-18-27(34-2)29(36-4)28(19-23)35-3/h5-13,18-19,32H,14-17,20H2,1-4H3,(H,31,37). The fourth-order valence-electron chi connectivity index (χ4n) is 4.67. The third-order valence-corrected chi connectivity index (χ3v) is 6.98. The molecule has 0 saturated heterocycles. The maximum atomic E-state index is 5.90. The average Bonchev–Trinajstić information content (AvgIpc) is 3.25. The maximum Gasteiger partial charge on any atom is 0.203 e. The highest BCUT2D eigenvalue weighted by atomic mass is 32.1. The number of aromatic amines is 1. The van der Waals surface area contributed by atoms with E-state index in [1.807, 2.05) is 18.2 Å². The molecule has 0 unspecified atom stereocenters. The van der Waals surface area contributed by atoms with Gasteiger partial charge >= 0.3 is 0 Å². The number of hydrogen-bond acceptors (Lipinski definition) is 4. The first-order valence-electron chi connectivity index (χ1n) is 12.5. The first kappa shape index (κ1) is 26.4. The van der Waals surface area contributed by atoms with Crippen LogP contribution in [0.3, 0.4) is 0 Å². The molecule has 3 aromatic carbocycles. The van der Waals surface area contributed by atoms with Crippen LogP contribution in [0.2, 0.25) is 0 Å². The van der Waals surface area contributed by atoms with E-state index in [9.17, 15) is 0 Å². The molecule has 0 radical (unpaired) electrons. The zero-order valence-corrected chi connectivity index (χ0v) is 22.8. The van der Waals surface area contributed by atoms with Gasteiger partial charge in [0, 0.05) is 36.2 Å². The predicted octanol–water partition coefficient (Wildman–Crippen LogP) is 5.66. The van der Waals surface area contributed by atoms with Crippen LogP contribution in [0.4, 0.5) is 0 Å². The van der Waals surface area contributed by atoms with Crippen molar-refractivity contribution in [2.24, 2.45) is 0 Å². The van der Waals surface area contributed by atoms with Gasteiger partial charge in [0.2, 0.25) is 5.75 Å². The number of nitrogens with one attached hydrogen (secondary N) is 2. The van der Waals surface area contributed by atoms with Crippen LogP contribution in [0.15, 0.2) is 66.7 Å². The predicted molar refractivity (Wildman–Crippen MR) is 154 cm³/mol. The monoisotopic (exact) mass is 517 g/mol. The summed E-state index contributed by atoms with van der Waals surface area (Å²) in [6.07, 6.45) is 1.77. The zero-order chi connectivity index (χ0) is 26.2. The average molecular weight is 518 g/mol. The van der Waals surface area contributed by atoms with Crippen molar-refractivity contribution in [1.82, 2.24) is 15.2 Å². The number of hydrogen-bond donors (Lipinski definition) is 2. The second-order valence-corrected chi connectivity index (χ2v) is 9.33. The van der Waals surface area contributed by atoms with E-state index in [2.05, 4.69) is 70.7 Å². The summed E-state index contributed by atoms with van der Waals surface area (Å²) in [6.45, 7) is 4.27. The van der Waals surface area contributed by atoms with E-state index in [-0.39, 0.29) is 0 Å². The Bertz CT molecular complexity index is 1310. The second kappa shape index (κ2) is 12.5. The fraction of sp³-hybridized carbons (Fsp3) is 0.300. The summed E-state index contributed by atoms with van der Waals surface area (Å²) in [6, 6.07) is 22.8. The molecule has 7 heteroatoms. The Hall–Kier alpha value is -3.71. The Morgan fingerprint density at radius 3 is 2.22 bits per heavy atom. The summed E-state index contributed by atoms with van der Waals surface area (Å²) in [4.78, 5) is 5.72. The molecule has 0 saturated carbocycles. The highest BCUT2D eigenvalue weighted by Crippen LogP contribution is 2.38. The van der Waals surface area contributed by atoms with Crippen LogP contribution in [-0.2, 0) is 19.4 Å². The van der Waals surface area contributed by atoms with Gasteiger partial charge in [0.1, 0.15) is 0 Å². The topological polar surface area (TPSA) is 58.8 Å². The molecule has 4 rings (SSSR count). The molecule has 0 atom stereocenters. The molecule has 4 aromatic rings. The minimum Gasteiger partial charge on any atom is -0.493 e. The molecule has 0 aliphatic carbocycles. The van der Waals surface area contributed by atoms with Gasteiger partial charge in [-0.15, -0.1) is 0 Å². The highest BCUT2D eigenvalue weighted by molar-refractivity contribution is 7.80. The van der Waals surface area contributed by atoms with Gasteiger partial charge in [-0.05, 0) is 66.9 Å². The van der Waals surface area contributed by atoms with Crippen molar-refractivity contribution in [3.63, 3.8) is 0 Å². The maximum absolute atomic E-state index is 5.90. The quantitative estimate of drug-likeness (QED) is 0.250. The lowest BCUT2D eigenvalue weighted by Gasteiger charge is -2.27. The van der Waals surface area contributed by atoms with E-state index in [4.69, 9.17) is 26.4 Å². The summed E-state index contributed by atoms with van der Waals surface area (Å²) < 4.78 is 16.7. The molecule has 0 spiro atoms. The molecule has 1 heterocycles. The Morgan fingerprint density at radius 2 is 1.54 bits per heavy atom. The Kier molecular flexibility index (Phi) is 8.90. The number of aromatic nitrogens is 1. The van der Waals surface area contributed by atoms with E-state index in [1.165, 1.54) is 22.2 Å². The first-order valence-corrected chi connectivity index (χ1v) is 12.9. The third kappa shape index (κ3) is 6.35. The van der Waals surface area contributed by atoms with E-state index in [0.717, 1.165) is 42.1 Å². The van der Waals surface area contributed by atoms with Gasteiger partial charge in [-0.25, -0.2) is 0 Å². The molecule has 0 bridgehead atoms. The van der Waals surface area contributed by atoms with Crippen molar-refractivity contribution in [3.8, 4) is 17.2 Å². The summed E-state index contributed by atoms with van der Waals surface area (Å²) in [5.74, 6) is 1.85. The van der Waals surface area contributed by atoms with Crippen LogP contribution >= 0.6 is 12.2 Å². The van der Waals surface area contributed by atoms with Crippen LogP contribution in [-0.4, -0.2) is 49.4 Å². The van der Waals surface area contributed by atoms with Gasteiger partial charge < -0.3 is 29.4 Å². The minimum atomic E-state index is 0.582. The molecule has 194 valence electrons. The Labute approximate surface area is 224 Å². The van der Waals surface area contributed by atoms with Gasteiger partial charge in [-0.1, -0.05) is 48.5 Å². The number of benzene rings is 3. The SMILES string of the molecule is COc1cc(CN(CCc2c(C)[nH]c3ccccc23)C(=S)NCCc2ccccc2)cc(OC)c1OC. The highest BCUT2D eigenvalue weighted by Gasteiger charge is 2.18. The van der Waals surface area contributed by atoms with E-state index in [1.54, 1.807) is 21.3 Å². The number of aryl methyl sites for hydroxylation is 1. The Morgan fingerprint density at radius 1 is 0.865 bits per heavy atom. The van der Waals surface area contributed by atoms with Crippen molar-refractivity contribution >= 4 is 28.2 Å². The number of nitrogens with zero attached hydrogens (tertiary/aromatic N) is 1. The van der Waals surface area contributed by atoms with Crippen LogP contribution in [0.1, 0.15) is 22.4 Å². The minimum absolute atomic E-state index is 0.582. The van der Waals surface area contributed by atoms with Crippen molar-refractivity contribution < 1.29 is 14.2 Å². The third-order valence-electron chi connectivity index (χ3n) is 6.58. The number of para-hydroxylation sites is 1. The van der Waals surface area contributed by atoms with Crippen molar-refractivity contribution in [3.05, 3.63) is 89.1 Å². The smallest absolute Gasteiger partial charge is 0.203 e. The van der Waals surface area contributed by atoms with Crippen LogP contribution in [0.5, 0.6) is 17.2 Å². The number of fused-ring (bicyclic) bond motifs is 1. The largest absolute Gasteiger partial charge is 0.493 e. The van der Waals surface area contributed by atoms with Gasteiger partial charge in [-0.3, -0.25) is 0 Å². The van der Waals surface area contributed by atoms with Crippen LogP contribution in [0.25, 0.3) is 10.9 Å². The number of H-pyrrole nitrogens is 1. The second-order valence-electron chi connectivity index (χ2n) is 8.95. The van der Waals surface area contributed by atoms with Gasteiger partial charge in [0.05, 0.1) is 21.3 Å². The molecule has 2 N–H and O–H groups in total. The summed E-state index contributed by atoms with van der Waals surface area (Å²) >= 11 is 5.90. The lowest BCUT2D eigenvalue weighted by Crippen LogP contribution is -2.41. The molecule has 0 fully saturated rings. The van der Waals surface area contributed by atoms with E-state index < -0.39 is 0 Å². The van der Waals surface area contributed by atoms with Crippen LogP contribution < -0.4 is 19.5 Å². The molecular formula is C30H35N3O3S. The lowest BCUT2D eigenvalue weighted by molar-refractivity contribution is 0.322. The molecule has 37 heavy (non-hydrogen) atoms. The first-order chi connectivity index (χ1) is 18.0. The number of thiocarbonyl (C=S) groups is 1. The number of rotatable bonds is 11. The van der Waals surface area contributed by atoms with Gasteiger partial charge in [0.25, 0.3) is 0 Å². The number of methoxy groups -OCH3 is 3. The zero-order valence-electron chi connectivity index (χ0n) is 22.0. The number of ether oxygens (including phenoxy) is 3. The van der Waals surface area contributed by atoms with Crippen molar-refractivity contribution in [2.75, 3.05) is 34.4 Å². The fourth-order valence-corrected chi connectivity index (χ4v) is 4.93. The molecule has 0 aliphatic heterocycles. The normalized spacial score (nSPS) is 10.8. The van der Waals surface area contributed by atoms with Crippen molar-refractivity contribution in [1.29, 1.82) is 0 Å². The summed E-state index contributed by atoms with van der Waals surface area (Å²) in [5.41, 5.74) is 5.98. The molecule has 0 amide bonds. The molecular weight excluding hydrogens is 482 g/mol. The van der Waals surface area contributed by atoms with Crippen molar-refractivity contribution in [2.45, 2.75) is 26.3 Å². The summed E-state index contributed by atoms with van der Waals surface area (Å²) in [7, 11) is 4.88. The summed E-state index contributed by atoms with van der Waals surface area (Å²) in [5, 5.41) is 5.46. The van der Waals surface area contributed by atoms with E-state index >= 15 is 0 Å². The van der Waals surface area contributed by atoms with Gasteiger partial charge in [-0.2, -0.15) is 0 Å². The molecule has 6 nitrogen and oxygen atoms in total. The van der Waals surface area contributed by atoms with Crippen LogP contribution in [0, 0.1) is 6.92 Å². The Balaban J connectivity index is 1.55. The molecule has 1 aromatic heterocycles. The van der Waals surface area contributed by atoms with Gasteiger partial charge in [0.15, 0.2) is 16.6 Å². The molecule has 0 aliphatic rings. The van der Waals surface area contributed by atoms with E-state index in [0.29, 0.717) is 23.8 Å². The lowest BCUT2D eigenvalue weighted by atomic mass is 10.1.